The zero-order valence-electron chi connectivity index (χ0n) is 12.1. The number of hydrogen-bond donors (Lipinski definition) is 2. The lowest BCUT2D eigenvalue weighted by molar-refractivity contribution is -0.0117. The van der Waals surface area contributed by atoms with Crippen LogP contribution in [0.15, 0.2) is 0 Å². The summed E-state index contributed by atoms with van der Waals surface area (Å²) in [5.74, 6) is 0.497. The highest BCUT2D eigenvalue weighted by atomic mass is 32.1. The predicted octanol–water partition coefficient (Wildman–Crippen LogP) is 1.28. The summed E-state index contributed by atoms with van der Waals surface area (Å²) in [6, 6.07) is 0. The predicted molar refractivity (Wildman–Crippen MR) is 81.0 cm³/mol. The molecule has 6 nitrogen and oxygen atoms in total. The van der Waals surface area contributed by atoms with Crippen LogP contribution < -0.4 is 15.8 Å². The van der Waals surface area contributed by atoms with E-state index in [1.165, 1.54) is 18.3 Å². The van der Waals surface area contributed by atoms with E-state index in [0.717, 1.165) is 24.7 Å². The second-order valence-corrected chi connectivity index (χ2v) is 5.92. The Balaban J connectivity index is 2.05. The molecule has 0 amide bonds. The van der Waals surface area contributed by atoms with Crippen molar-refractivity contribution < 1.29 is 14.3 Å². The highest BCUT2D eigenvalue weighted by Crippen LogP contribution is 2.42. The third-order valence-electron chi connectivity index (χ3n) is 3.26. The number of hydrogen-bond acceptors (Lipinski definition) is 7. The lowest BCUT2D eigenvalue weighted by Gasteiger charge is -2.30. The third kappa shape index (κ3) is 3.23. The van der Waals surface area contributed by atoms with Crippen LogP contribution in [0.4, 0.5) is 10.7 Å². The number of ether oxygens (including phenoxy) is 2. The van der Waals surface area contributed by atoms with Gasteiger partial charge < -0.3 is 25.4 Å². The number of ketones is 1. The molecule has 0 aliphatic carbocycles. The number of carbonyl (C=O) groups excluding carboxylic acids is 1. The third-order valence-corrected chi connectivity index (χ3v) is 4.50. The molecule has 1 fully saturated rings. The molecule has 20 heavy (non-hydrogen) atoms. The van der Waals surface area contributed by atoms with Crippen LogP contribution in [0.3, 0.4) is 0 Å². The molecule has 3 N–H and O–H groups in total. The Kier molecular flexibility index (Phi) is 4.85. The van der Waals surface area contributed by atoms with Gasteiger partial charge in [-0.2, -0.15) is 0 Å². The molecule has 0 aromatic carbocycles. The molecule has 7 heteroatoms. The number of anilines is 2. The number of methoxy groups -OCH3 is 1. The minimum absolute atomic E-state index is 0.0486. The van der Waals surface area contributed by atoms with Gasteiger partial charge in [-0.1, -0.05) is 0 Å². The fourth-order valence-electron chi connectivity index (χ4n) is 2.21. The van der Waals surface area contributed by atoms with Crippen molar-refractivity contribution in [3.63, 3.8) is 0 Å². The molecule has 2 rings (SSSR count). The van der Waals surface area contributed by atoms with Crippen LogP contribution in [0.1, 0.15) is 16.6 Å². The quantitative estimate of drug-likeness (QED) is 0.798. The van der Waals surface area contributed by atoms with E-state index in [-0.39, 0.29) is 11.9 Å². The lowest BCUT2D eigenvalue weighted by atomic mass is 10.2. The van der Waals surface area contributed by atoms with Gasteiger partial charge in [0.05, 0.1) is 30.4 Å². The molecule has 1 unspecified atom stereocenters. The normalized spacial score (nSPS) is 19.9. The highest BCUT2D eigenvalue weighted by molar-refractivity contribution is 7.19. The van der Waals surface area contributed by atoms with E-state index in [4.69, 9.17) is 15.2 Å². The van der Waals surface area contributed by atoms with Crippen molar-refractivity contribution in [1.29, 1.82) is 0 Å². The molecule has 0 radical (unpaired) electrons. The van der Waals surface area contributed by atoms with Crippen LogP contribution in [0.2, 0.25) is 0 Å². The van der Waals surface area contributed by atoms with E-state index in [2.05, 4.69) is 17.3 Å². The Labute approximate surface area is 122 Å². The van der Waals surface area contributed by atoms with E-state index in [0.29, 0.717) is 22.9 Å². The Hall–Kier alpha value is -1.31. The summed E-state index contributed by atoms with van der Waals surface area (Å²) in [4.78, 5) is 14.3. The van der Waals surface area contributed by atoms with Crippen LogP contribution in [-0.4, -0.2) is 57.2 Å². The number of rotatable bonds is 5. The Morgan fingerprint density at radius 2 is 2.40 bits per heavy atom. The number of likely N-dealkylation sites (N-methyl/N-ethyl adjacent to an activating group) is 1. The number of carbonyl (C=O) groups is 1. The first-order chi connectivity index (χ1) is 9.52. The summed E-state index contributed by atoms with van der Waals surface area (Å²) in [6.45, 7) is 4.75. The molecule has 1 aromatic rings. The molecule has 1 aromatic heterocycles. The van der Waals surface area contributed by atoms with Crippen molar-refractivity contribution in [2.75, 3.05) is 51.4 Å². The van der Waals surface area contributed by atoms with Crippen molar-refractivity contribution >= 4 is 27.8 Å². The van der Waals surface area contributed by atoms with E-state index in [1.807, 2.05) is 0 Å². The number of nitrogens with two attached hydrogens (primary N) is 1. The maximum Gasteiger partial charge on any atom is 0.176 e. The molecule has 2 heterocycles. The molecule has 0 spiro atoms. The van der Waals surface area contributed by atoms with E-state index < -0.39 is 0 Å². The van der Waals surface area contributed by atoms with E-state index in [9.17, 15) is 4.79 Å². The van der Waals surface area contributed by atoms with Gasteiger partial charge in [-0.3, -0.25) is 4.79 Å². The fraction of sp³-hybridized carbons (Fsp3) is 0.615. The van der Waals surface area contributed by atoms with Gasteiger partial charge in [0.15, 0.2) is 11.5 Å². The average molecular weight is 299 g/mol. The van der Waals surface area contributed by atoms with Gasteiger partial charge in [-0.15, -0.1) is 11.3 Å². The minimum atomic E-state index is -0.0486. The van der Waals surface area contributed by atoms with Gasteiger partial charge in [0.1, 0.15) is 5.00 Å². The molecular weight excluding hydrogens is 278 g/mol. The minimum Gasteiger partial charge on any atom is -0.492 e. The van der Waals surface area contributed by atoms with E-state index >= 15 is 0 Å². The summed E-state index contributed by atoms with van der Waals surface area (Å²) >= 11 is 1.33. The Morgan fingerprint density at radius 3 is 3.00 bits per heavy atom. The molecular formula is C13H21N3O3S. The molecule has 1 atom stereocenters. The Morgan fingerprint density at radius 1 is 1.65 bits per heavy atom. The van der Waals surface area contributed by atoms with Crippen LogP contribution in [0, 0.1) is 0 Å². The van der Waals surface area contributed by atoms with Gasteiger partial charge in [-0.05, 0) is 7.05 Å². The molecule has 1 aliphatic rings. The van der Waals surface area contributed by atoms with Crippen LogP contribution >= 0.6 is 11.3 Å². The largest absolute Gasteiger partial charge is 0.492 e. The summed E-state index contributed by atoms with van der Waals surface area (Å²) < 4.78 is 11.0. The highest BCUT2D eigenvalue weighted by Gasteiger charge is 2.22. The summed E-state index contributed by atoms with van der Waals surface area (Å²) in [5, 5.41) is 4.06. The molecule has 1 saturated heterocycles. The van der Waals surface area contributed by atoms with Crippen molar-refractivity contribution in [2.45, 2.75) is 13.0 Å². The molecule has 0 bridgehead atoms. The van der Waals surface area contributed by atoms with Crippen LogP contribution in [0.25, 0.3) is 0 Å². The molecule has 112 valence electrons. The Bertz CT molecular complexity index is 489. The smallest absolute Gasteiger partial charge is 0.176 e. The SMILES string of the molecule is COc1c(NCC2CN(C)CCO2)sc(C(C)=O)c1N. The number of morpholine rings is 1. The molecule has 0 saturated carbocycles. The number of Topliss-reactive ketones (excluding diaryl/α,β-unsaturated/α-hetero) is 1. The topological polar surface area (TPSA) is 76.8 Å². The number of nitrogens with zero attached hydrogens (tertiary/aromatic N) is 1. The standard InChI is InChI=1S/C13H21N3O3S/c1-8(17)12-10(14)11(18-3)13(20-12)15-6-9-7-16(2)4-5-19-9/h9,15H,4-7,14H2,1-3H3. The van der Waals surface area contributed by atoms with Gasteiger partial charge in [0.25, 0.3) is 0 Å². The maximum absolute atomic E-state index is 11.5. The maximum atomic E-state index is 11.5. The average Bonchev–Trinajstić information content (AvgIpc) is 2.73. The van der Waals surface area contributed by atoms with Crippen LogP contribution in [0.5, 0.6) is 5.75 Å². The first kappa shape index (κ1) is 15.1. The lowest BCUT2D eigenvalue weighted by Crippen LogP contribution is -2.43. The molecule has 1 aliphatic heterocycles. The summed E-state index contributed by atoms with van der Waals surface area (Å²) in [7, 11) is 3.63. The van der Waals surface area contributed by atoms with Crippen molar-refractivity contribution in [1.82, 2.24) is 4.90 Å². The van der Waals surface area contributed by atoms with Gasteiger partial charge in [-0.25, -0.2) is 0 Å². The number of nitrogens with one attached hydrogen (secondary N) is 1. The van der Waals surface area contributed by atoms with Gasteiger partial charge >= 0.3 is 0 Å². The number of nitrogen functional groups attached to an aromatic ring is 1. The first-order valence-electron chi connectivity index (χ1n) is 6.54. The zero-order chi connectivity index (χ0) is 14.7. The summed E-state index contributed by atoms with van der Waals surface area (Å²) in [6.07, 6.45) is 0.127. The monoisotopic (exact) mass is 299 g/mol. The number of thiophene rings is 1. The van der Waals surface area contributed by atoms with Gasteiger partial charge in [0, 0.05) is 26.6 Å². The second kappa shape index (κ2) is 6.43. The van der Waals surface area contributed by atoms with Gasteiger partial charge in [0.2, 0.25) is 0 Å². The van der Waals surface area contributed by atoms with E-state index in [1.54, 1.807) is 7.11 Å². The second-order valence-electron chi connectivity index (χ2n) is 4.90. The van der Waals surface area contributed by atoms with Crippen molar-refractivity contribution in [3.8, 4) is 5.75 Å². The van der Waals surface area contributed by atoms with Crippen LogP contribution in [-0.2, 0) is 4.74 Å². The van der Waals surface area contributed by atoms with Crippen molar-refractivity contribution in [3.05, 3.63) is 4.88 Å². The van der Waals surface area contributed by atoms with Crippen molar-refractivity contribution in [2.24, 2.45) is 0 Å². The fourth-order valence-corrected chi connectivity index (χ4v) is 3.20. The first-order valence-corrected chi connectivity index (χ1v) is 7.35. The summed E-state index contributed by atoms with van der Waals surface area (Å²) in [5.41, 5.74) is 6.34. The zero-order valence-corrected chi connectivity index (χ0v) is 12.9.